The van der Waals surface area contributed by atoms with Gasteiger partial charge in [0.05, 0.1) is 41.7 Å². The second-order valence-electron chi connectivity index (χ2n) is 14.6. The molecule has 2 aromatic heterocycles. The summed E-state index contributed by atoms with van der Waals surface area (Å²) in [4.78, 5) is 30.6. The van der Waals surface area contributed by atoms with E-state index < -0.39 is 25.1 Å². The topological polar surface area (TPSA) is 182 Å². The van der Waals surface area contributed by atoms with Crippen molar-refractivity contribution in [3.8, 4) is 17.2 Å². The lowest BCUT2D eigenvalue weighted by molar-refractivity contribution is -0.121. The fourth-order valence-corrected chi connectivity index (χ4v) is 6.85. The minimum Gasteiger partial charge on any atom is -0.457 e. The Bertz CT molecular complexity index is 2420. The molecule has 0 unspecified atom stereocenters. The van der Waals surface area contributed by atoms with Crippen molar-refractivity contribution in [2.45, 2.75) is 58.4 Å². The zero-order chi connectivity index (χ0) is 40.8. The summed E-state index contributed by atoms with van der Waals surface area (Å²) in [7, 11) is -1.93. The van der Waals surface area contributed by atoms with Gasteiger partial charge in [-0.05, 0) is 50.1 Å². The normalized spacial score (nSPS) is 14.1. The molecule has 1 fully saturated rings. The van der Waals surface area contributed by atoms with Crippen LogP contribution in [0, 0.1) is 6.92 Å². The van der Waals surface area contributed by atoms with Crippen LogP contribution < -0.4 is 20.7 Å². The first-order valence-electron chi connectivity index (χ1n) is 17.8. The second kappa shape index (κ2) is 17.4. The smallest absolute Gasteiger partial charge is 0.324 e. The van der Waals surface area contributed by atoms with E-state index in [1.165, 1.54) is 10.6 Å². The largest absolute Gasteiger partial charge is 0.457 e. The van der Waals surface area contributed by atoms with Gasteiger partial charge in [-0.2, -0.15) is 5.10 Å². The predicted octanol–water partition coefficient (Wildman–Crippen LogP) is 6.73. The molecule has 1 saturated heterocycles. The van der Waals surface area contributed by atoms with Crippen LogP contribution in [0.3, 0.4) is 0 Å². The van der Waals surface area contributed by atoms with E-state index in [-0.39, 0.29) is 23.8 Å². The molecule has 3 amide bonds. The Balaban J connectivity index is 0.00000113. The lowest BCUT2D eigenvalue weighted by atomic mass is 9.92. The van der Waals surface area contributed by atoms with E-state index in [2.05, 4.69) is 52.4 Å². The number of hydrogen-bond acceptors (Lipinski definition) is 9. The lowest BCUT2D eigenvalue weighted by Gasteiger charge is -2.30. The monoisotopic (exact) mass is 823 g/mol. The van der Waals surface area contributed by atoms with Crippen molar-refractivity contribution >= 4 is 64.0 Å². The number of amides is 3. The Morgan fingerprint density at radius 1 is 0.893 bits per heavy atom. The summed E-state index contributed by atoms with van der Waals surface area (Å²) >= 11 is 0. The number of pyridine rings is 1. The van der Waals surface area contributed by atoms with Crippen molar-refractivity contribution in [1.82, 2.24) is 24.4 Å². The number of benzene rings is 3. The summed E-state index contributed by atoms with van der Waals surface area (Å²) in [6, 6.07) is 24.0. The van der Waals surface area contributed by atoms with Crippen LogP contribution in [-0.4, -0.2) is 79.5 Å². The highest BCUT2D eigenvalue weighted by molar-refractivity contribution is 8.13. The number of nitrogens with zero attached hydrogens (tertiary/aromatic N) is 4. The number of nitrogens with one attached hydrogen (secondary N) is 3. The molecule has 1 aliphatic rings. The number of piperidine rings is 1. The highest BCUT2D eigenvalue weighted by Gasteiger charge is 2.26. The zero-order valence-corrected chi connectivity index (χ0v) is 34.4. The van der Waals surface area contributed by atoms with Crippen molar-refractivity contribution in [1.29, 1.82) is 0 Å². The van der Waals surface area contributed by atoms with Gasteiger partial charge in [-0.15, -0.1) is 0 Å². The third kappa shape index (κ3) is 12.0. The number of sulfonamides is 1. The van der Waals surface area contributed by atoms with Gasteiger partial charge in [0.2, 0.25) is 25.0 Å². The number of aromatic nitrogens is 3. The molecule has 3 heterocycles. The summed E-state index contributed by atoms with van der Waals surface area (Å²) in [5.41, 5.74) is 3.73. The average Bonchev–Trinajstić information content (AvgIpc) is 3.53. The molecule has 0 aliphatic carbocycles. The quantitative estimate of drug-likeness (QED) is 0.136. The van der Waals surface area contributed by atoms with E-state index in [4.69, 9.17) is 9.84 Å². The summed E-state index contributed by atoms with van der Waals surface area (Å²) < 4.78 is 51.9. The van der Waals surface area contributed by atoms with Crippen molar-refractivity contribution < 1.29 is 31.2 Å². The number of carbonyl (C=O) groups excluding carboxylic acids is 2. The predicted molar refractivity (Wildman–Crippen MR) is 220 cm³/mol. The first kappa shape index (κ1) is 42.1. The molecule has 6 rings (SSSR count). The van der Waals surface area contributed by atoms with Gasteiger partial charge in [0.1, 0.15) is 17.3 Å². The van der Waals surface area contributed by atoms with E-state index in [0.29, 0.717) is 54.6 Å². The number of anilines is 2. The highest BCUT2D eigenvalue weighted by atomic mass is 35.7. The van der Waals surface area contributed by atoms with Gasteiger partial charge in [0.15, 0.2) is 0 Å². The molecular weight excluding hydrogens is 778 g/mol. The van der Waals surface area contributed by atoms with E-state index in [0.717, 1.165) is 34.0 Å². The maximum atomic E-state index is 13.4. The lowest BCUT2D eigenvalue weighted by Crippen LogP contribution is -2.46. The molecule has 5 aromatic rings. The second-order valence-corrected chi connectivity index (χ2v) is 19.6. The van der Waals surface area contributed by atoms with Crippen molar-refractivity contribution in [2.24, 2.45) is 0 Å². The summed E-state index contributed by atoms with van der Waals surface area (Å²) in [5, 5.41) is 15.4. The number of urea groups is 1. The van der Waals surface area contributed by atoms with Crippen molar-refractivity contribution in [3.63, 3.8) is 0 Å². The number of carbonyl (C=O) groups is 2. The molecule has 0 saturated carbocycles. The van der Waals surface area contributed by atoms with Gasteiger partial charge >= 0.3 is 6.03 Å². The minimum absolute atomic E-state index is 0.0578. The van der Waals surface area contributed by atoms with Crippen LogP contribution in [0.4, 0.5) is 16.3 Å². The number of rotatable bonds is 9. The minimum atomic E-state index is -3.23. The highest BCUT2D eigenvalue weighted by Crippen LogP contribution is 2.35. The van der Waals surface area contributed by atoms with E-state index in [1.54, 1.807) is 35.1 Å². The molecule has 17 heteroatoms. The number of ether oxygens (including phenoxy) is 1. The Kier molecular flexibility index (Phi) is 13.1. The van der Waals surface area contributed by atoms with Gasteiger partial charge < -0.3 is 15.4 Å². The Hall–Kier alpha value is -5.03. The molecule has 1 aliphatic heterocycles. The number of halogens is 1. The molecule has 14 nitrogen and oxygen atoms in total. The third-order valence-corrected chi connectivity index (χ3v) is 10.1. The average molecular weight is 824 g/mol. The van der Waals surface area contributed by atoms with Gasteiger partial charge in [0.25, 0.3) is 0 Å². The van der Waals surface area contributed by atoms with Crippen LogP contribution in [0.2, 0.25) is 0 Å². The van der Waals surface area contributed by atoms with Crippen LogP contribution in [0.25, 0.3) is 16.5 Å². The van der Waals surface area contributed by atoms with Crippen LogP contribution in [0.5, 0.6) is 11.5 Å². The number of hydrogen-bond donors (Lipinski definition) is 3. The molecule has 3 aromatic carbocycles. The molecule has 56 heavy (non-hydrogen) atoms. The SMILES string of the molecule is CS(=O)(=O)Cl.Cc1ccc(-n2nc(C(C)(C)C)cc2NC(=O)Nc2ccc(Oc3ccnc(CC(=O)NC4CCN(S(C)(=O)=O)CC4)c3)c3ccccc23)cc1. The van der Waals surface area contributed by atoms with Crippen LogP contribution in [-0.2, 0) is 35.7 Å². The van der Waals surface area contributed by atoms with Crippen molar-refractivity contribution in [2.75, 3.05) is 36.2 Å². The Morgan fingerprint density at radius 2 is 1.54 bits per heavy atom. The fraction of sp³-hybridized carbons (Fsp3) is 0.333. The molecule has 298 valence electrons. The van der Waals surface area contributed by atoms with Crippen LogP contribution in [0.1, 0.15) is 50.6 Å². The number of aryl methyl sites for hydroxylation is 1. The molecule has 3 N–H and O–H groups in total. The van der Waals surface area contributed by atoms with E-state index in [9.17, 15) is 26.4 Å². The molecule has 0 radical (unpaired) electrons. The van der Waals surface area contributed by atoms with Crippen LogP contribution in [0.15, 0.2) is 85.1 Å². The summed E-state index contributed by atoms with van der Waals surface area (Å²) in [6.07, 6.45) is 4.90. The van der Waals surface area contributed by atoms with Gasteiger partial charge in [-0.25, -0.2) is 30.6 Å². The first-order chi connectivity index (χ1) is 26.2. The maximum Gasteiger partial charge on any atom is 0.324 e. The first-order valence-corrected chi connectivity index (χ1v) is 22.3. The third-order valence-electron chi connectivity index (χ3n) is 8.78. The van der Waals surface area contributed by atoms with Gasteiger partial charge in [-0.3, -0.25) is 15.1 Å². The van der Waals surface area contributed by atoms with E-state index in [1.807, 2.05) is 61.5 Å². The zero-order valence-electron chi connectivity index (χ0n) is 32.0. The van der Waals surface area contributed by atoms with Crippen LogP contribution >= 0.6 is 10.7 Å². The molecular formula is C39H46ClN7O7S2. The molecule has 0 spiro atoms. The Labute approximate surface area is 332 Å². The summed E-state index contributed by atoms with van der Waals surface area (Å²) in [6.45, 7) is 9.03. The number of fused-ring (bicyclic) bond motifs is 1. The maximum absolute atomic E-state index is 13.4. The van der Waals surface area contributed by atoms with E-state index >= 15 is 0 Å². The molecule has 0 bridgehead atoms. The standard InChI is InChI=1S/C38H43N7O5S.CH3ClO2S/c1-25-10-12-28(13-11-25)45-35(24-34(43-45)38(2,3)4)42-37(47)41-32-14-15-33(31-9-7-6-8-30(31)32)50-29-16-19-39-27(22-29)23-36(46)40-26-17-20-44(21-18-26)51(5,48)49;1-5(2,3)4/h6-16,19,22,24,26H,17-18,20-21,23H2,1-5H3,(H,40,46)(H2,41,42,47);1H3. The molecule has 0 atom stereocenters. The summed E-state index contributed by atoms with van der Waals surface area (Å²) in [5.74, 6) is 1.44. The fourth-order valence-electron chi connectivity index (χ4n) is 5.98. The Morgan fingerprint density at radius 3 is 2.16 bits per heavy atom. The van der Waals surface area contributed by atoms with Gasteiger partial charge in [-0.1, -0.05) is 62.7 Å². The van der Waals surface area contributed by atoms with Crippen molar-refractivity contribution in [3.05, 3.63) is 102 Å². The van der Waals surface area contributed by atoms with Gasteiger partial charge in [0, 0.05) is 64.3 Å².